The van der Waals surface area contributed by atoms with Crippen molar-refractivity contribution in [3.05, 3.63) is 0 Å². The van der Waals surface area contributed by atoms with E-state index < -0.39 is 0 Å². The van der Waals surface area contributed by atoms with Crippen LogP contribution in [0.1, 0.15) is 19.8 Å². The van der Waals surface area contributed by atoms with Gasteiger partial charge in [-0.3, -0.25) is 4.79 Å². The lowest BCUT2D eigenvalue weighted by Crippen LogP contribution is -2.37. The summed E-state index contributed by atoms with van der Waals surface area (Å²) in [5.41, 5.74) is 0. The number of nitrogens with zero attached hydrogens (tertiary/aromatic N) is 1. The number of carbonyl (C=O) groups is 2. The molecule has 3 amide bonds. The van der Waals surface area contributed by atoms with Gasteiger partial charge in [-0.05, 0) is 6.42 Å². The van der Waals surface area contributed by atoms with Gasteiger partial charge in [-0.2, -0.15) is 0 Å². The summed E-state index contributed by atoms with van der Waals surface area (Å²) >= 11 is 0. The van der Waals surface area contributed by atoms with Crippen LogP contribution in [0.2, 0.25) is 0 Å². The predicted octanol–water partition coefficient (Wildman–Crippen LogP) is 0.174. The Morgan fingerprint density at radius 3 is 2.21 bits per heavy atom. The quantitative estimate of drug-likeness (QED) is 0.666. The molecule has 0 aromatic heterocycles. The highest BCUT2D eigenvalue weighted by Crippen LogP contribution is 1.84. The molecular weight excluding hydrogens is 182 g/mol. The summed E-state index contributed by atoms with van der Waals surface area (Å²) in [7, 11) is 3.39. The Morgan fingerprint density at radius 2 is 1.71 bits per heavy atom. The number of urea groups is 1. The summed E-state index contributed by atoms with van der Waals surface area (Å²) in [4.78, 5) is 23.6. The molecule has 0 aliphatic rings. The minimum Gasteiger partial charge on any atom is -0.349 e. The molecule has 2 N–H and O–H groups in total. The number of hydrogen-bond donors (Lipinski definition) is 2. The van der Waals surface area contributed by atoms with E-state index in [1.165, 1.54) is 4.90 Å². The van der Waals surface area contributed by atoms with Crippen LogP contribution in [0.4, 0.5) is 4.79 Å². The second-order valence-corrected chi connectivity index (χ2v) is 3.22. The predicted molar refractivity (Wildman–Crippen MR) is 55.0 cm³/mol. The van der Waals surface area contributed by atoms with Crippen LogP contribution in [-0.2, 0) is 4.79 Å². The molecule has 5 nitrogen and oxygen atoms in total. The summed E-state index contributed by atoms with van der Waals surface area (Å²) in [6.45, 7) is 3.02. The number of amides is 3. The van der Waals surface area contributed by atoms with Gasteiger partial charge >= 0.3 is 6.03 Å². The molecule has 14 heavy (non-hydrogen) atoms. The first kappa shape index (κ1) is 12.7. The molecular formula is C9H19N3O2. The Bertz CT molecular complexity index is 192. The van der Waals surface area contributed by atoms with E-state index in [4.69, 9.17) is 0 Å². The maximum absolute atomic E-state index is 11.1. The fraction of sp³-hybridized carbons (Fsp3) is 0.778. The van der Waals surface area contributed by atoms with E-state index in [1.54, 1.807) is 14.1 Å². The van der Waals surface area contributed by atoms with E-state index >= 15 is 0 Å². The molecule has 0 aliphatic carbocycles. The van der Waals surface area contributed by atoms with Crippen molar-refractivity contribution in [2.24, 2.45) is 0 Å². The highest BCUT2D eigenvalue weighted by Gasteiger charge is 2.04. The van der Waals surface area contributed by atoms with Crippen molar-refractivity contribution in [2.45, 2.75) is 19.8 Å². The van der Waals surface area contributed by atoms with Crippen molar-refractivity contribution < 1.29 is 9.59 Å². The lowest BCUT2D eigenvalue weighted by atomic mass is 10.4. The molecule has 0 saturated heterocycles. The molecule has 0 fully saturated rings. The van der Waals surface area contributed by atoms with E-state index in [-0.39, 0.29) is 11.9 Å². The topological polar surface area (TPSA) is 61.4 Å². The SMILES string of the molecule is CCCNC(=O)NCCC(=O)N(C)C. The van der Waals surface area contributed by atoms with Gasteiger partial charge in [0, 0.05) is 33.6 Å². The largest absolute Gasteiger partial charge is 0.349 e. The Labute approximate surface area is 84.8 Å². The molecule has 0 atom stereocenters. The van der Waals surface area contributed by atoms with Crippen molar-refractivity contribution in [3.63, 3.8) is 0 Å². The molecule has 0 unspecified atom stereocenters. The lowest BCUT2D eigenvalue weighted by molar-refractivity contribution is -0.128. The van der Waals surface area contributed by atoms with Crippen molar-refractivity contribution in [1.82, 2.24) is 15.5 Å². The summed E-state index contributed by atoms with van der Waals surface area (Å²) in [5, 5.41) is 5.27. The fourth-order valence-electron chi connectivity index (χ4n) is 0.808. The van der Waals surface area contributed by atoms with E-state index in [0.29, 0.717) is 19.5 Å². The number of nitrogens with one attached hydrogen (secondary N) is 2. The fourth-order valence-corrected chi connectivity index (χ4v) is 0.808. The molecule has 0 aromatic rings. The zero-order valence-corrected chi connectivity index (χ0v) is 9.09. The van der Waals surface area contributed by atoms with Gasteiger partial charge in [0.15, 0.2) is 0 Å². The van der Waals surface area contributed by atoms with Crippen LogP contribution >= 0.6 is 0 Å². The zero-order valence-electron chi connectivity index (χ0n) is 9.09. The van der Waals surface area contributed by atoms with Crippen molar-refractivity contribution in [3.8, 4) is 0 Å². The summed E-state index contributed by atoms with van der Waals surface area (Å²) < 4.78 is 0. The monoisotopic (exact) mass is 201 g/mol. The second-order valence-electron chi connectivity index (χ2n) is 3.22. The van der Waals surface area contributed by atoms with Crippen LogP contribution < -0.4 is 10.6 Å². The average molecular weight is 201 g/mol. The van der Waals surface area contributed by atoms with Crippen LogP contribution in [0.3, 0.4) is 0 Å². The first-order valence-electron chi connectivity index (χ1n) is 4.79. The van der Waals surface area contributed by atoms with Gasteiger partial charge in [-0.15, -0.1) is 0 Å². The first-order valence-corrected chi connectivity index (χ1v) is 4.79. The maximum Gasteiger partial charge on any atom is 0.314 e. The summed E-state index contributed by atoms with van der Waals surface area (Å²) in [6.07, 6.45) is 1.25. The number of carbonyl (C=O) groups excluding carboxylic acids is 2. The molecule has 0 heterocycles. The van der Waals surface area contributed by atoms with Gasteiger partial charge in [-0.25, -0.2) is 4.79 Å². The molecule has 0 spiro atoms. The highest BCUT2D eigenvalue weighted by molar-refractivity contribution is 5.77. The van der Waals surface area contributed by atoms with Gasteiger partial charge in [0.2, 0.25) is 5.91 Å². The lowest BCUT2D eigenvalue weighted by Gasteiger charge is -2.10. The van der Waals surface area contributed by atoms with Crippen molar-refractivity contribution >= 4 is 11.9 Å². The minimum atomic E-state index is -0.210. The Hall–Kier alpha value is -1.26. The standard InChI is InChI=1S/C9H19N3O2/c1-4-6-10-9(14)11-7-5-8(13)12(2)3/h4-7H2,1-3H3,(H2,10,11,14). The molecule has 5 heteroatoms. The van der Waals surface area contributed by atoms with Gasteiger partial charge in [0.05, 0.1) is 0 Å². The minimum absolute atomic E-state index is 0.0146. The molecule has 82 valence electrons. The van der Waals surface area contributed by atoms with E-state index in [1.807, 2.05) is 6.92 Å². The summed E-state index contributed by atoms with van der Waals surface area (Å²) in [6, 6.07) is -0.210. The van der Waals surface area contributed by atoms with Crippen LogP contribution in [-0.4, -0.2) is 44.0 Å². The van der Waals surface area contributed by atoms with Gasteiger partial charge < -0.3 is 15.5 Å². The van der Waals surface area contributed by atoms with Crippen LogP contribution in [0.5, 0.6) is 0 Å². The van der Waals surface area contributed by atoms with Gasteiger partial charge in [-0.1, -0.05) is 6.92 Å². The Morgan fingerprint density at radius 1 is 1.14 bits per heavy atom. The third kappa shape index (κ3) is 6.28. The smallest absolute Gasteiger partial charge is 0.314 e. The molecule has 0 radical (unpaired) electrons. The second kappa shape index (κ2) is 7.17. The van der Waals surface area contributed by atoms with Crippen LogP contribution in [0.15, 0.2) is 0 Å². The van der Waals surface area contributed by atoms with Gasteiger partial charge in [0.25, 0.3) is 0 Å². The molecule has 0 bridgehead atoms. The average Bonchev–Trinajstić information content (AvgIpc) is 2.14. The molecule has 0 saturated carbocycles. The molecule has 0 rings (SSSR count). The van der Waals surface area contributed by atoms with Gasteiger partial charge in [0.1, 0.15) is 0 Å². The van der Waals surface area contributed by atoms with Crippen molar-refractivity contribution in [1.29, 1.82) is 0 Å². The third-order valence-electron chi connectivity index (χ3n) is 1.66. The highest BCUT2D eigenvalue weighted by atomic mass is 16.2. The maximum atomic E-state index is 11.1. The van der Waals surface area contributed by atoms with E-state index in [2.05, 4.69) is 10.6 Å². The first-order chi connectivity index (χ1) is 6.57. The number of hydrogen-bond acceptors (Lipinski definition) is 2. The van der Waals surface area contributed by atoms with E-state index in [9.17, 15) is 9.59 Å². The third-order valence-corrected chi connectivity index (χ3v) is 1.66. The molecule has 0 aliphatic heterocycles. The summed E-state index contributed by atoms with van der Waals surface area (Å²) in [5.74, 6) is 0.0146. The van der Waals surface area contributed by atoms with E-state index in [0.717, 1.165) is 6.42 Å². The number of rotatable bonds is 5. The normalized spacial score (nSPS) is 9.36. The Kier molecular flexibility index (Phi) is 6.53. The molecule has 0 aromatic carbocycles. The zero-order chi connectivity index (χ0) is 11.0. The van der Waals surface area contributed by atoms with Crippen LogP contribution in [0.25, 0.3) is 0 Å². The van der Waals surface area contributed by atoms with Crippen LogP contribution in [0, 0.1) is 0 Å². The van der Waals surface area contributed by atoms with Crippen molar-refractivity contribution in [2.75, 3.05) is 27.2 Å². The Balaban J connectivity index is 3.44.